The van der Waals surface area contributed by atoms with Crippen molar-refractivity contribution >= 4 is 11.9 Å². The number of aliphatic hydroxyl groups is 3. The molecule has 0 saturated carbocycles. The summed E-state index contributed by atoms with van der Waals surface area (Å²) in [5, 5.41) is 30.9. The number of carbonyl (C=O) groups excluding carboxylic acids is 2. The monoisotopic (exact) mass is 756 g/mol. The van der Waals surface area contributed by atoms with Gasteiger partial charge in [-0.2, -0.15) is 0 Å². The van der Waals surface area contributed by atoms with Gasteiger partial charge in [0.25, 0.3) is 0 Å². The van der Waals surface area contributed by atoms with Crippen LogP contribution in [-0.4, -0.2) is 83.3 Å². The Morgan fingerprint density at radius 2 is 0.887 bits per heavy atom. The lowest BCUT2D eigenvalue weighted by Crippen LogP contribution is -2.39. The van der Waals surface area contributed by atoms with Crippen LogP contribution in [0.25, 0.3) is 0 Å². The van der Waals surface area contributed by atoms with Gasteiger partial charge in [-0.25, -0.2) is 0 Å². The molecular weight excluding hydrogens is 666 g/mol. The maximum absolute atomic E-state index is 12.7. The largest absolute Gasteiger partial charge is 0.466 e. The number of ether oxygens (including phenoxy) is 2. The van der Waals surface area contributed by atoms with Crippen molar-refractivity contribution in [2.75, 3.05) is 32.8 Å². The summed E-state index contributed by atoms with van der Waals surface area (Å²) in [5.41, 5.74) is 0. The summed E-state index contributed by atoms with van der Waals surface area (Å²) in [4.78, 5) is 26.8. The second kappa shape index (κ2) is 40.4. The fourth-order valence-corrected chi connectivity index (χ4v) is 7.11. The molecule has 0 bridgehead atoms. The quantitative estimate of drug-likeness (QED) is 0.0416. The van der Waals surface area contributed by atoms with Gasteiger partial charge in [-0.05, 0) is 64.2 Å². The lowest BCUT2D eigenvalue weighted by Gasteiger charge is -2.27. The van der Waals surface area contributed by atoms with Gasteiger partial charge in [0.1, 0.15) is 6.10 Å². The third kappa shape index (κ3) is 37.5. The summed E-state index contributed by atoms with van der Waals surface area (Å²) in [7, 11) is 0. The van der Waals surface area contributed by atoms with E-state index in [2.05, 4.69) is 25.7 Å². The topological polar surface area (TPSA) is 117 Å². The Morgan fingerprint density at radius 3 is 1.36 bits per heavy atom. The summed E-state index contributed by atoms with van der Waals surface area (Å²) in [6, 6.07) is 0. The zero-order valence-electron chi connectivity index (χ0n) is 35.3. The van der Waals surface area contributed by atoms with Crippen molar-refractivity contribution in [3.63, 3.8) is 0 Å². The lowest BCUT2D eigenvalue weighted by molar-refractivity contribution is -0.150. The highest BCUT2D eigenvalue weighted by atomic mass is 16.5. The van der Waals surface area contributed by atoms with Crippen LogP contribution in [-0.2, 0) is 19.1 Å². The first-order chi connectivity index (χ1) is 25.9. The normalized spacial score (nSPS) is 12.8. The Hall–Kier alpha value is -1.22. The van der Waals surface area contributed by atoms with Gasteiger partial charge in [0.2, 0.25) is 0 Å². The number of hydrogen-bond acceptors (Lipinski definition) is 8. The van der Waals surface area contributed by atoms with E-state index in [0.29, 0.717) is 58.3 Å². The SMILES string of the molecule is CCCCCCCCCOC(=O)CCCCCC(O)CN(CCCO)CC(O)CCCCCC(=O)OC(CCCCCCCC)CCCCCCCC. The lowest BCUT2D eigenvalue weighted by atomic mass is 10.0. The third-order valence-electron chi connectivity index (χ3n) is 10.5. The Labute approximate surface area is 327 Å². The van der Waals surface area contributed by atoms with Crippen LogP contribution in [0.4, 0.5) is 0 Å². The summed E-state index contributed by atoms with van der Waals surface area (Å²) in [6.45, 7) is 8.85. The molecule has 0 spiro atoms. The fourth-order valence-electron chi connectivity index (χ4n) is 7.11. The highest BCUT2D eigenvalue weighted by molar-refractivity contribution is 5.69. The van der Waals surface area contributed by atoms with Crippen molar-refractivity contribution in [3.05, 3.63) is 0 Å². The predicted octanol–water partition coefficient (Wildman–Crippen LogP) is 11.0. The molecule has 3 N–H and O–H groups in total. The van der Waals surface area contributed by atoms with E-state index in [9.17, 15) is 24.9 Å². The van der Waals surface area contributed by atoms with Gasteiger partial charge in [-0.15, -0.1) is 0 Å². The van der Waals surface area contributed by atoms with Gasteiger partial charge < -0.3 is 24.8 Å². The van der Waals surface area contributed by atoms with E-state index in [-0.39, 0.29) is 24.6 Å². The number of hydrogen-bond donors (Lipinski definition) is 3. The number of aliphatic hydroxyl groups excluding tert-OH is 3. The number of unbranched alkanes of at least 4 members (excludes halogenated alkanes) is 20. The Morgan fingerprint density at radius 1 is 0.491 bits per heavy atom. The van der Waals surface area contributed by atoms with E-state index >= 15 is 0 Å². The van der Waals surface area contributed by atoms with Gasteiger partial charge in [0, 0.05) is 39.1 Å². The molecule has 316 valence electrons. The average molecular weight is 756 g/mol. The first-order valence-corrected chi connectivity index (χ1v) is 22.9. The van der Waals surface area contributed by atoms with Crippen LogP contribution in [0.15, 0.2) is 0 Å². The zero-order valence-corrected chi connectivity index (χ0v) is 35.3. The van der Waals surface area contributed by atoms with Crippen LogP contribution in [0, 0.1) is 0 Å². The molecule has 0 aromatic heterocycles. The highest BCUT2D eigenvalue weighted by Crippen LogP contribution is 2.19. The molecule has 0 aromatic carbocycles. The van der Waals surface area contributed by atoms with Crippen molar-refractivity contribution in [1.82, 2.24) is 4.90 Å². The second-order valence-corrected chi connectivity index (χ2v) is 15.9. The van der Waals surface area contributed by atoms with Gasteiger partial charge >= 0.3 is 11.9 Å². The van der Waals surface area contributed by atoms with Gasteiger partial charge in [-0.3, -0.25) is 14.5 Å². The van der Waals surface area contributed by atoms with Gasteiger partial charge in [0.15, 0.2) is 0 Å². The molecule has 0 rings (SSSR count). The van der Waals surface area contributed by atoms with Crippen molar-refractivity contribution in [1.29, 1.82) is 0 Å². The summed E-state index contributed by atoms with van der Waals surface area (Å²) in [5.74, 6) is -0.192. The molecule has 53 heavy (non-hydrogen) atoms. The van der Waals surface area contributed by atoms with E-state index in [4.69, 9.17) is 9.47 Å². The van der Waals surface area contributed by atoms with E-state index < -0.39 is 12.2 Å². The molecule has 0 aliphatic heterocycles. The van der Waals surface area contributed by atoms with Crippen molar-refractivity contribution < 1.29 is 34.4 Å². The van der Waals surface area contributed by atoms with Crippen LogP contribution in [0.3, 0.4) is 0 Å². The first-order valence-electron chi connectivity index (χ1n) is 22.9. The Balaban J connectivity index is 4.26. The molecule has 0 saturated heterocycles. The average Bonchev–Trinajstić information content (AvgIpc) is 3.14. The maximum atomic E-state index is 12.7. The third-order valence-corrected chi connectivity index (χ3v) is 10.5. The Kier molecular flexibility index (Phi) is 39.5. The summed E-state index contributed by atoms with van der Waals surface area (Å²) < 4.78 is 11.4. The molecule has 0 aliphatic carbocycles. The minimum absolute atomic E-state index is 0.0510. The minimum Gasteiger partial charge on any atom is -0.466 e. The van der Waals surface area contributed by atoms with E-state index in [1.165, 1.54) is 96.3 Å². The number of nitrogens with zero attached hydrogens (tertiary/aromatic N) is 1. The molecule has 0 fully saturated rings. The van der Waals surface area contributed by atoms with Crippen molar-refractivity contribution in [3.8, 4) is 0 Å². The molecule has 0 heterocycles. The molecule has 0 radical (unpaired) electrons. The molecule has 0 aliphatic rings. The van der Waals surface area contributed by atoms with Crippen LogP contribution in [0.1, 0.15) is 226 Å². The summed E-state index contributed by atoms with van der Waals surface area (Å²) >= 11 is 0. The zero-order chi connectivity index (χ0) is 39.0. The number of rotatable bonds is 42. The highest BCUT2D eigenvalue weighted by Gasteiger charge is 2.17. The maximum Gasteiger partial charge on any atom is 0.306 e. The van der Waals surface area contributed by atoms with E-state index in [1.807, 2.05) is 0 Å². The summed E-state index contributed by atoms with van der Waals surface area (Å²) in [6.07, 6.45) is 32.1. The second-order valence-electron chi connectivity index (χ2n) is 15.9. The number of carbonyl (C=O) groups is 2. The van der Waals surface area contributed by atoms with Crippen LogP contribution >= 0.6 is 0 Å². The minimum atomic E-state index is -0.515. The molecule has 8 heteroatoms. The predicted molar refractivity (Wildman–Crippen MR) is 221 cm³/mol. The fraction of sp³-hybridized carbons (Fsp3) is 0.956. The number of esters is 2. The van der Waals surface area contributed by atoms with Gasteiger partial charge in [0.05, 0.1) is 18.8 Å². The molecule has 2 unspecified atom stereocenters. The van der Waals surface area contributed by atoms with E-state index in [0.717, 1.165) is 77.0 Å². The first kappa shape index (κ1) is 51.8. The smallest absolute Gasteiger partial charge is 0.306 e. The van der Waals surface area contributed by atoms with Gasteiger partial charge in [-0.1, -0.05) is 149 Å². The molecule has 0 aromatic rings. The molecule has 0 amide bonds. The van der Waals surface area contributed by atoms with E-state index in [1.54, 1.807) is 0 Å². The molecular formula is C45H89NO7. The van der Waals surface area contributed by atoms with Crippen LogP contribution in [0.5, 0.6) is 0 Å². The van der Waals surface area contributed by atoms with Crippen LogP contribution in [0.2, 0.25) is 0 Å². The molecule has 2 atom stereocenters. The van der Waals surface area contributed by atoms with Crippen molar-refractivity contribution in [2.45, 2.75) is 245 Å². The van der Waals surface area contributed by atoms with Crippen LogP contribution < -0.4 is 0 Å². The standard InChI is InChI=1S/C45H89NO7/c1-4-7-10-13-16-19-28-38-52-44(50)34-26-20-22-30-41(48)39-46(36-29-37-47)40-42(49)31-23-21-27-35-45(51)53-43(32-24-17-14-11-8-5-2)33-25-18-15-12-9-6-3/h41-43,47-49H,4-40H2,1-3H3. The van der Waals surface area contributed by atoms with Crippen molar-refractivity contribution in [2.24, 2.45) is 0 Å². The molecule has 8 nitrogen and oxygen atoms in total. The Bertz CT molecular complexity index is 766.